The fourth-order valence-corrected chi connectivity index (χ4v) is 4.47. The number of nitrogens with one attached hydrogen (secondary N) is 1. The second-order valence-electron chi connectivity index (χ2n) is 8.46. The van der Waals surface area contributed by atoms with E-state index in [9.17, 15) is 9.59 Å². The van der Waals surface area contributed by atoms with Crippen molar-refractivity contribution in [1.29, 1.82) is 0 Å². The van der Waals surface area contributed by atoms with Gasteiger partial charge < -0.3 is 24.3 Å². The SMILES string of the molecule is COc1ccccc1N1CCN(C(=O)c2oc3ccccc3c2NC(=O)Cc2ccccc2)CC1. The van der Waals surface area contributed by atoms with Crippen LogP contribution in [0, 0.1) is 0 Å². The molecular weight excluding hydrogens is 442 g/mol. The van der Waals surface area contributed by atoms with Gasteiger partial charge in [0.25, 0.3) is 5.91 Å². The highest BCUT2D eigenvalue weighted by Gasteiger charge is 2.29. The molecule has 0 atom stereocenters. The predicted molar refractivity (Wildman–Crippen MR) is 136 cm³/mol. The van der Waals surface area contributed by atoms with E-state index >= 15 is 0 Å². The average Bonchev–Trinajstić information content (AvgIpc) is 3.27. The second-order valence-corrected chi connectivity index (χ2v) is 8.46. The fourth-order valence-electron chi connectivity index (χ4n) is 4.47. The van der Waals surface area contributed by atoms with Crippen LogP contribution < -0.4 is 15.0 Å². The maximum atomic E-state index is 13.5. The van der Waals surface area contributed by atoms with Crippen LogP contribution in [0.4, 0.5) is 11.4 Å². The number of nitrogens with zero attached hydrogens (tertiary/aromatic N) is 2. The van der Waals surface area contributed by atoms with Gasteiger partial charge in [-0.2, -0.15) is 0 Å². The van der Waals surface area contributed by atoms with Crippen molar-refractivity contribution in [2.24, 2.45) is 0 Å². The number of methoxy groups -OCH3 is 1. The lowest BCUT2D eigenvalue weighted by Crippen LogP contribution is -2.49. The Morgan fingerprint density at radius 3 is 2.34 bits per heavy atom. The molecule has 4 aromatic rings. The first-order valence-electron chi connectivity index (χ1n) is 11.7. The molecule has 1 aromatic heterocycles. The Balaban J connectivity index is 1.35. The number of para-hydroxylation sites is 3. The van der Waals surface area contributed by atoms with Gasteiger partial charge in [-0.05, 0) is 29.8 Å². The standard InChI is InChI=1S/C28H27N3O4/c1-34-24-14-8-6-12-22(24)30-15-17-31(18-16-30)28(33)27-26(21-11-5-7-13-23(21)35-27)29-25(32)19-20-9-3-2-4-10-20/h2-14H,15-19H2,1H3,(H,29,32). The number of rotatable bonds is 6. The Kier molecular flexibility index (Phi) is 6.39. The van der Waals surface area contributed by atoms with Gasteiger partial charge in [0, 0.05) is 31.6 Å². The number of hydrogen-bond acceptors (Lipinski definition) is 5. The van der Waals surface area contributed by atoms with Crippen LogP contribution in [0.5, 0.6) is 5.75 Å². The van der Waals surface area contributed by atoms with E-state index in [-0.39, 0.29) is 24.0 Å². The first kappa shape index (κ1) is 22.5. The summed E-state index contributed by atoms with van der Waals surface area (Å²) in [7, 11) is 1.66. The first-order valence-corrected chi connectivity index (χ1v) is 11.7. The number of ether oxygens (including phenoxy) is 1. The summed E-state index contributed by atoms with van der Waals surface area (Å²) < 4.78 is 11.5. The molecule has 7 nitrogen and oxygen atoms in total. The van der Waals surface area contributed by atoms with Gasteiger partial charge in [0.2, 0.25) is 11.7 Å². The summed E-state index contributed by atoms with van der Waals surface area (Å²) >= 11 is 0. The largest absolute Gasteiger partial charge is 0.495 e. The lowest BCUT2D eigenvalue weighted by molar-refractivity contribution is -0.115. The van der Waals surface area contributed by atoms with Crippen molar-refractivity contribution in [3.05, 3.63) is 90.2 Å². The van der Waals surface area contributed by atoms with Crippen molar-refractivity contribution in [2.45, 2.75) is 6.42 Å². The molecule has 0 saturated carbocycles. The predicted octanol–water partition coefficient (Wildman–Crippen LogP) is 4.59. The second kappa shape index (κ2) is 9.93. The van der Waals surface area contributed by atoms with Gasteiger partial charge in [-0.3, -0.25) is 9.59 Å². The van der Waals surface area contributed by atoms with Crippen LogP contribution in [0.2, 0.25) is 0 Å². The van der Waals surface area contributed by atoms with Gasteiger partial charge >= 0.3 is 0 Å². The molecule has 0 unspecified atom stereocenters. The number of piperazine rings is 1. The van der Waals surface area contributed by atoms with E-state index in [4.69, 9.17) is 9.15 Å². The summed E-state index contributed by atoms with van der Waals surface area (Å²) in [6, 6.07) is 24.8. The minimum absolute atomic E-state index is 0.165. The Morgan fingerprint density at radius 1 is 0.886 bits per heavy atom. The number of furan rings is 1. The lowest BCUT2D eigenvalue weighted by atomic mass is 10.1. The van der Waals surface area contributed by atoms with Crippen LogP contribution in [0.25, 0.3) is 11.0 Å². The first-order chi connectivity index (χ1) is 17.1. The zero-order valence-electron chi connectivity index (χ0n) is 19.6. The molecule has 2 heterocycles. The smallest absolute Gasteiger partial charge is 0.291 e. The average molecular weight is 470 g/mol. The number of anilines is 2. The van der Waals surface area contributed by atoms with Crippen LogP contribution in [-0.4, -0.2) is 50.0 Å². The molecule has 0 aliphatic carbocycles. The van der Waals surface area contributed by atoms with Gasteiger partial charge in [-0.25, -0.2) is 0 Å². The topological polar surface area (TPSA) is 75.0 Å². The molecule has 1 fully saturated rings. The van der Waals surface area contributed by atoms with Crippen molar-refractivity contribution in [3.63, 3.8) is 0 Å². The number of carbonyl (C=O) groups excluding carboxylic acids is 2. The molecule has 5 rings (SSSR count). The van der Waals surface area contributed by atoms with E-state index in [0.717, 1.165) is 17.0 Å². The van der Waals surface area contributed by atoms with E-state index < -0.39 is 0 Å². The Bertz CT molecular complexity index is 1340. The third-order valence-electron chi connectivity index (χ3n) is 6.25. The summed E-state index contributed by atoms with van der Waals surface area (Å²) in [5.74, 6) is 0.556. The minimum Gasteiger partial charge on any atom is -0.495 e. The number of fused-ring (bicyclic) bond motifs is 1. The summed E-state index contributed by atoms with van der Waals surface area (Å²) in [6.07, 6.45) is 0.214. The molecule has 0 radical (unpaired) electrons. The quantitative estimate of drug-likeness (QED) is 0.447. The third-order valence-corrected chi connectivity index (χ3v) is 6.25. The van der Waals surface area contributed by atoms with E-state index in [1.54, 1.807) is 18.1 Å². The van der Waals surface area contributed by atoms with Gasteiger partial charge in [0.05, 0.1) is 19.2 Å². The highest BCUT2D eigenvalue weighted by atomic mass is 16.5. The zero-order chi connectivity index (χ0) is 24.2. The third kappa shape index (κ3) is 4.71. The molecule has 1 N–H and O–H groups in total. The van der Waals surface area contributed by atoms with Crippen LogP contribution in [0.3, 0.4) is 0 Å². The maximum absolute atomic E-state index is 13.5. The summed E-state index contributed by atoms with van der Waals surface area (Å²) in [5.41, 5.74) is 2.91. The van der Waals surface area contributed by atoms with Gasteiger partial charge in [-0.1, -0.05) is 54.6 Å². The highest BCUT2D eigenvalue weighted by molar-refractivity contribution is 6.11. The van der Waals surface area contributed by atoms with Crippen molar-refractivity contribution in [1.82, 2.24) is 4.90 Å². The van der Waals surface area contributed by atoms with Crippen LogP contribution >= 0.6 is 0 Å². The molecule has 7 heteroatoms. The minimum atomic E-state index is -0.226. The van der Waals surface area contributed by atoms with E-state index in [1.807, 2.05) is 72.8 Å². The zero-order valence-corrected chi connectivity index (χ0v) is 19.6. The molecule has 0 spiro atoms. The molecular formula is C28H27N3O4. The molecule has 1 saturated heterocycles. The normalized spacial score (nSPS) is 13.6. The molecule has 3 aromatic carbocycles. The van der Waals surface area contributed by atoms with Crippen LogP contribution in [0.15, 0.2) is 83.3 Å². The van der Waals surface area contributed by atoms with Crippen LogP contribution in [-0.2, 0) is 11.2 Å². The fraction of sp³-hybridized carbons (Fsp3) is 0.214. The number of carbonyl (C=O) groups is 2. The summed E-state index contributed by atoms with van der Waals surface area (Å²) in [5, 5.41) is 3.66. The highest BCUT2D eigenvalue weighted by Crippen LogP contribution is 2.33. The van der Waals surface area contributed by atoms with Gasteiger partial charge in [0.1, 0.15) is 17.0 Å². The van der Waals surface area contributed by atoms with Crippen molar-refractivity contribution in [3.8, 4) is 5.75 Å². The maximum Gasteiger partial charge on any atom is 0.291 e. The summed E-state index contributed by atoms with van der Waals surface area (Å²) in [6.45, 7) is 2.40. The molecule has 1 aliphatic rings. The molecule has 2 amide bonds. The van der Waals surface area contributed by atoms with E-state index in [0.29, 0.717) is 42.8 Å². The van der Waals surface area contributed by atoms with Crippen molar-refractivity contribution < 1.29 is 18.7 Å². The van der Waals surface area contributed by atoms with Crippen molar-refractivity contribution in [2.75, 3.05) is 43.5 Å². The van der Waals surface area contributed by atoms with Gasteiger partial charge in [-0.15, -0.1) is 0 Å². The molecule has 178 valence electrons. The molecule has 1 aliphatic heterocycles. The Morgan fingerprint density at radius 2 is 1.57 bits per heavy atom. The van der Waals surface area contributed by atoms with E-state index in [2.05, 4.69) is 10.2 Å². The Hall–Kier alpha value is -4.26. The lowest BCUT2D eigenvalue weighted by Gasteiger charge is -2.36. The Labute approximate surface area is 203 Å². The number of hydrogen-bond donors (Lipinski definition) is 1. The number of benzene rings is 3. The van der Waals surface area contributed by atoms with E-state index in [1.165, 1.54) is 0 Å². The monoisotopic (exact) mass is 469 g/mol. The van der Waals surface area contributed by atoms with Crippen molar-refractivity contribution >= 4 is 34.2 Å². The molecule has 0 bridgehead atoms. The molecule has 35 heavy (non-hydrogen) atoms. The number of amides is 2. The van der Waals surface area contributed by atoms with Crippen LogP contribution in [0.1, 0.15) is 16.1 Å². The van der Waals surface area contributed by atoms with Gasteiger partial charge in [0.15, 0.2) is 0 Å². The summed E-state index contributed by atoms with van der Waals surface area (Å²) in [4.78, 5) is 30.4.